The SMILES string of the molecule is CCN(Cc1cc(O)c2c(c1C(F)(F)F)C[C@H]1C[C@H]3[C@H](N(C)C)C(=O)C(C(N)=O)=C(O)[C@@]3(O)C(=O)C1=C2O)C1(C2CC2)CC1. The highest BCUT2D eigenvalue weighted by atomic mass is 19.4. The van der Waals surface area contributed by atoms with Gasteiger partial charge in [-0.05, 0) is 88.2 Å². The third-order valence-corrected chi connectivity index (χ3v) is 10.6. The van der Waals surface area contributed by atoms with Crippen LogP contribution in [-0.4, -0.2) is 85.5 Å². The van der Waals surface area contributed by atoms with Gasteiger partial charge in [0.2, 0.25) is 5.78 Å². The van der Waals surface area contributed by atoms with E-state index in [-0.39, 0.29) is 29.6 Å². The van der Waals surface area contributed by atoms with Crippen LogP contribution in [0.3, 0.4) is 0 Å². The van der Waals surface area contributed by atoms with Gasteiger partial charge in [0.1, 0.15) is 22.8 Å². The molecule has 5 aliphatic rings. The first kappa shape index (κ1) is 30.6. The van der Waals surface area contributed by atoms with Crippen molar-refractivity contribution in [3.05, 3.63) is 45.2 Å². The van der Waals surface area contributed by atoms with E-state index >= 15 is 0 Å². The molecule has 3 saturated carbocycles. The minimum atomic E-state index is -4.87. The van der Waals surface area contributed by atoms with Crippen molar-refractivity contribution < 1.29 is 48.0 Å². The number of likely N-dealkylation sites (N-methyl/N-ethyl adjacent to an activating group) is 1. The van der Waals surface area contributed by atoms with E-state index in [0.29, 0.717) is 12.5 Å². The van der Waals surface area contributed by atoms with Crippen molar-refractivity contribution in [2.75, 3.05) is 20.6 Å². The molecule has 0 spiro atoms. The normalized spacial score (nSPS) is 29.6. The number of ketones is 2. The summed E-state index contributed by atoms with van der Waals surface area (Å²) in [5.41, 5.74) is -1.20. The molecule has 0 bridgehead atoms. The minimum absolute atomic E-state index is 0.0578. The van der Waals surface area contributed by atoms with Crippen molar-refractivity contribution in [3.63, 3.8) is 0 Å². The molecule has 0 aliphatic heterocycles. The number of hydrogen-bond acceptors (Lipinski definition) is 9. The number of fused-ring (bicyclic) bond motifs is 3. The molecule has 44 heavy (non-hydrogen) atoms. The lowest BCUT2D eigenvalue weighted by atomic mass is 9.57. The molecule has 4 atom stereocenters. The van der Waals surface area contributed by atoms with Crippen molar-refractivity contribution >= 4 is 23.2 Å². The Morgan fingerprint density at radius 1 is 1.14 bits per heavy atom. The number of phenolic OH excluding ortho intramolecular Hbond substituents is 1. The predicted octanol–water partition coefficient (Wildman–Crippen LogP) is 2.75. The monoisotopic (exact) mass is 619 g/mol. The highest BCUT2D eigenvalue weighted by Gasteiger charge is 2.64. The van der Waals surface area contributed by atoms with Crippen LogP contribution in [0, 0.1) is 17.8 Å². The van der Waals surface area contributed by atoms with Gasteiger partial charge in [0, 0.05) is 23.6 Å². The third-order valence-electron chi connectivity index (χ3n) is 10.6. The molecular weight excluding hydrogens is 583 g/mol. The first-order valence-electron chi connectivity index (χ1n) is 14.8. The van der Waals surface area contributed by atoms with Gasteiger partial charge in [-0.2, -0.15) is 13.2 Å². The summed E-state index contributed by atoms with van der Waals surface area (Å²) >= 11 is 0. The topological polar surface area (TPSA) is 165 Å². The molecule has 5 aliphatic carbocycles. The van der Waals surface area contributed by atoms with E-state index in [1.165, 1.54) is 19.0 Å². The molecule has 0 aromatic heterocycles. The van der Waals surface area contributed by atoms with Crippen LogP contribution in [0.5, 0.6) is 5.75 Å². The molecule has 0 radical (unpaired) electrons. The Balaban J connectivity index is 1.51. The highest BCUT2D eigenvalue weighted by Crippen LogP contribution is 2.59. The first-order valence-corrected chi connectivity index (χ1v) is 14.8. The maximum absolute atomic E-state index is 14.9. The summed E-state index contributed by atoms with van der Waals surface area (Å²) < 4.78 is 44.7. The van der Waals surface area contributed by atoms with E-state index in [4.69, 9.17) is 5.73 Å². The number of Topliss-reactive ketones (excluding diaryl/α,β-unsaturated/α-hetero) is 2. The Morgan fingerprint density at radius 3 is 2.27 bits per heavy atom. The number of aromatic hydroxyl groups is 1. The quantitative estimate of drug-likeness (QED) is 0.289. The second-order valence-electron chi connectivity index (χ2n) is 13.1. The van der Waals surface area contributed by atoms with Crippen LogP contribution in [0.1, 0.15) is 61.3 Å². The number of rotatable bonds is 7. The number of carbonyl (C=O) groups excluding carboxylic acids is 3. The number of halogens is 3. The molecule has 10 nitrogen and oxygen atoms in total. The number of nitrogens with two attached hydrogens (primary N) is 1. The van der Waals surface area contributed by atoms with Gasteiger partial charge in [-0.25, -0.2) is 0 Å². The molecule has 1 aromatic rings. The van der Waals surface area contributed by atoms with E-state index in [1.54, 1.807) is 0 Å². The van der Waals surface area contributed by atoms with E-state index in [9.17, 15) is 48.0 Å². The Morgan fingerprint density at radius 2 is 1.77 bits per heavy atom. The number of phenols is 1. The van der Waals surface area contributed by atoms with Crippen LogP contribution in [0.2, 0.25) is 0 Å². The zero-order valence-electron chi connectivity index (χ0n) is 24.7. The summed E-state index contributed by atoms with van der Waals surface area (Å²) in [4.78, 5) is 42.7. The third kappa shape index (κ3) is 4.15. The number of hydrogen-bond donors (Lipinski definition) is 5. The second-order valence-corrected chi connectivity index (χ2v) is 13.1. The molecule has 1 amide bonds. The maximum atomic E-state index is 14.9. The number of carbonyl (C=O) groups is 3. The molecule has 0 heterocycles. The second kappa shape index (κ2) is 9.79. The minimum Gasteiger partial charge on any atom is -0.508 e. The maximum Gasteiger partial charge on any atom is 0.417 e. The predicted molar refractivity (Wildman–Crippen MR) is 150 cm³/mol. The Hall–Kier alpha value is -3.42. The summed E-state index contributed by atoms with van der Waals surface area (Å²) in [6, 6.07) is -0.344. The van der Waals surface area contributed by atoms with Gasteiger partial charge in [0.15, 0.2) is 11.4 Å². The number of amides is 1. The molecule has 0 saturated heterocycles. The molecule has 6 N–H and O–H groups in total. The molecule has 238 valence electrons. The van der Waals surface area contributed by atoms with E-state index in [1.807, 2.05) is 11.8 Å². The Bertz CT molecular complexity index is 1560. The summed E-state index contributed by atoms with van der Waals surface area (Å²) in [6.45, 7) is 2.35. The lowest BCUT2D eigenvalue weighted by molar-refractivity contribution is -0.153. The van der Waals surface area contributed by atoms with Crippen LogP contribution < -0.4 is 5.73 Å². The zero-order valence-corrected chi connectivity index (χ0v) is 24.7. The van der Waals surface area contributed by atoms with Crippen molar-refractivity contribution in [3.8, 4) is 5.75 Å². The first-order chi connectivity index (χ1) is 20.5. The largest absolute Gasteiger partial charge is 0.508 e. The fraction of sp³-hybridized carbons (Fsp3) is 0.581. The number of aliphatic hydroxyl groups is 3. The van der Waals surface area contributed by atoms with Gasteiger partial charge in [-0.15, -0.1) is 0 Å². The van der Waals surface area contributed by atoms with Gasteiger partial charge in [-0.1, -0.05) is 6.92 Å². The molecule has 13 heteroatoms. The smallest absolute Gasteiger partial charge is 0.417 e. The van der Waals surface area contributed by atoms with Gasteiger partial charge in [-0.3, -0.25) is 24.2 Å². The van der Waals surface area contributed by atoms with Crippen LogP contribution in [0.15, 0.2) is 23.0 Å². The fourth-order valence-corrected chi connectivity index (χ4v) is 8.38. The van der Waals surface area contributed by atoms with Crippen LogP contribution in [-0.2, 0) is 33.5 Å². The number of alkyl halides is 3. The van der Waals surface area contributed by atoms with Crippen LogP contribution >= 0.6 is 0 Å². The summed E-state index contributed by atoms with van der Waals surface area (Å²) in [5.74, 6) is -8.47. The average molecular weight is 620 g/mol. The van der Waals surface area contributed by atoms with E-state index in [0.717, 1.165) is 31.7 Å². The van der Waals surface area contributed by atoms with Gasteiger partial charge >= 0.3 is 6.18 Å². The molecular formula is C31H36F3N3O7. The van der Waals surface area contributed by atoms with E-state index in [2.05, 4.69) is 0 Å². The average Bonchev–Trinajstić information content (AvgIpc) is 3.82. The van der Waals surface area contributed by atoms with Gasteiger partial charge < -0.3 is 26.2 Å². The van der Waals surface area contributed by atoms with Crippen LogP contribution in [0.25, 0.3) is 5.76 Å². The lowest BCUT2D eigenvalue weighted by Gasteiger charge is -2.50. The molecule has 3 fully saturated rings. The lowest BCUT2D eigenvalue weighted by Crippen LogP contribution is -2.65. The van der Waals surface area contributed by atoms with Crippen molar-refractivity contribution in [1.82, 2.24) is 9.80 Å². The van der Waals surface area contributed by atoms with Gasteiger partial charge in [0.25, 0.3) is 5.91 Å². The Labute approximate surface area is 251 Å². The fourth-order valence-electron chi connectivity index (χ4n) is 8.38. The highest BCUT2D eigenvalue weighted by molar-refractivity contribution is 6.24. The van der Waals surface area contributed by atoms with E-state index < -0.39 is 93.1 Å². The Kier molecular flexibility index (Phi) is 6.81. The summed E-state index contributed by atoms with van der Waals surface area (Å²) in [6.07, 6.45) is -1.73. The number of primary amides is 1. The standard InChI is InChI=1S/C31H36F3N3O7/c1-4-37(29(7-8-29)15-5-6-15)12-14-11-18(38)20-16(22(14)31(32,33)34)9-13-10-17-23(36(2)3)25(40)21(28(35)43)27(42)30(17,44)26(41)19(13)24(20)39/h11,13,15,17,23,38-39,42,44H,4-10,12H2,1-3H3,(H2,35,43)/t13-,17-,23-,30-/m0/s1. The zero-order chi connectivity index (χ0) is 32.3. The molecule has 1 aromatic carbocycles. The molecule has 0 unspecified atom stereocenters. The molecule has 6 rings (SSSR count). The van der Waals surface area contributed by atoms with Crippen molar-refractivity contribution in [1.29, 1.82) is 0 Å². The van der Waals surface area contributed by atoms with Crippen molar-refractivity contribution in [2.24, 2.45) is 23.5 Å². The van der Waals surface area contributed by atoms with Crippen molar-refractivity contribution in [2.45, 2.75) is 75.4 Å². The number of nitrogens with zero attached hydrogens (tertiary/aromatic N) is 2. The summed E-state index contributed by atoms with van der Waals surface area (Å²) in [7, 11) is 2.90. The summed E-state index contributed by atoms with van der Waals surface area (Å²) in [5, 5.41) is 45.1. The number of aliphatic hydroxyl groups excluding tert-OH is 2. The van der Waals surface area contributed by atoms with Gasteiger partial charge in [0.05, 0.1) is 17.2 Å². The number of benzene rings is 1. The van der Waals surface area contributed by atoms with Crippen LogP contribution in [0.4, 0.5) is 13.2 Å².